The molecule has 1 amide bonds. The summed E-state index contributed by atoms with van der Waals surface area (Å²) in [4.78, 5) is 29.5. The molecule has 0 spiro atoms. The lowest BCUT2D eigenvalue weighted by Crippen LogP contribution is -2.31. The number of aryl methyl sites for hydroxylation is 1. The first-order valence-electron chi connectivity index (χ1n) is 10.7. The van der Waals surface area contributed by atoms with Gasteiger partial charge < -0.3 is 9.88 Å². The maximum Gasteiger partial charge on any atom is 0.416 e. The summed E-state index contributed by atoms with van der Waals surface area (Å²) in [5.41, 5.74) is 1.74. The number of carbonyl (C=O) groups excluding carboxylic acids is 2. The fourth-order valence-corrected chi connectivity index (χ4v) is 3.84. The molecule has 0 atom stereocenters. The minimum Gasteiger partial charge on any atom is -0.345 e. The first-order valence-corrected chi connectivity index (χ1v) is 10.7. The van der Waals surface area contributed by atoms with Gasteiger partial charge in [0.25, 0.3) is 11.7 Å². The van der Waals surface area contributed by atoms with Crippen molar-refractivity contribution in [3.8, 4) is 5.69 Å². The molecule has 1 N–H and O–H groups in total. The first kappa shape index (κ1) is 23.9. The van der Waals surface area contributed by atoms with Gasteiger partial charge in [0, 0.05) is 25.5 Å². The predicted molar refractivity (Wildman–Crippen MR) is 122 cm³/mol. The molecule has 0 radical (unpaired) electrons. The maximum atomic E-state index is 13.1. The van der Waals surface area contributed by atoms with Gasteiger partial charge in [0.1, 0.15) is 0 Å². The zero-order valence-electron chi connectivity index (χ0n) is 19.0. The highest BCUT2D eigenvalue weighted by Crippen LogP contribution is 2.31. The number of rotatable bonds is 7. The van der Waals surface area contributed by atoms with Crippen molar-refractivity contribution in [1.29, 1.82) is 0 Å². The second-order valence-corrected chi connectivity index (χ2v) is 8.07. The molecule has 0 aliphatic heterocycles. The number of carbonyl (C=O) groups is 2. The molecule has 0 bridgehead atoms. The average molecular weight is 481 g/mol. The number of alkyl halides is 3. The highest BCUT2D eigenvalue weighted by atomic mass is 19.4. The van der Waals surface area contributed by atoms with Gasteiger partial charge in [-0.2, -0.15) is 18.3 Å². The molecule has 4 rings (SSSR count). The van der Waals surface area contributed by atoms with Crippen LogP contribution < -0.4 is 5.32 Å². The molecule has 4 aromatic rings. The highest BCUT2D eigenvalue weighted by Gasteiger charge is 2.31. The van der Waals surface area contributed by atoms with Crippen molar-refractivity contribution in [3.05, 3.63) is 101 Å². The number of benzene rings is 2. The Morgan fingerprint density at radius 1 is 1.03 bits per heavy atom. The van der Waals surface area contributed by atoms with Crippen molar-refractivity contribution >= 4 is 11.7 Å². The summed E-state index contributed by atoms with van der Waals surface area (Å²) >= 11 is 0. The number of hydrogen-bond donors (Lipinski definition) is 1. The third-order valence-electron chi connectivity index (χ3n) is 5.51. The van der Waals surface area contributed by atoms with Crippen molar-refractivity contribution in [1.82, 2.24) is 24.6 Å². The molecule has 2 heterocycles. The molecule has 0 saturated heterocycles. The van der Waals surface area contributed by atoms with Crippen molar-refractivity contribution in [2.75, 3.05) is 0 Å². The van der Waals surface area contributed by atoms with Gasteiger partial charge in [-0.3, -0.25) is 9.59 Å². The monoisotopic (exact) mass is 481 g/mol. The average Bonchev–Trinajstić information content (AvgIpc) is 3.44. The number of hydrogen-bond acceptors (Lipinski definition) is 4. The molecular formula is C25H22F3N5O2. The summed E-state index contributed by atoms with van der Waals surface area (Å²) < 4.78 is 42.5. The van der Waals surface area contributed by atoms with Crippen molar-refractivity contribution < 1.29 is 22.8 Å². The third-order valence-corrected chi connectivity index (χ3v) is 5.51. The largest absolute Gasteiger partial charge is 0.416 e. The number of nitrogens with one attached hydrogen (secondary N) is 1. The van der Waals surface area contributed by atoms with E-state index in [1.807, 2.05) is 35.0 Å². The van der Waals surface area contributed by atoms with Crippen molar-refractivity contribution in [3.63, 3.8) is 0 Å². The normalized spacial score (nSPS) is 11.5. The van der Waals surface area contributed by atoms with Gasteiger partial charge in [-0.05, 0) is 43.2 Å². The van der Waals surface area contributed by atoms with Crippen LogP contribution in [0.3, 0.4) is 0 Å². The lowest BCUT2D eigenvalue weighted by Gasteiger charge is -2.10. The summed E-state index contributed by atoms with van der Waals surface area (Å²) in [6, 6.07) is 12.2. The molecule has 2 aromatic carbocycles. The number of aromatic nitrogens is 4. The standard InChI is InChI=1S/C25H22F3N5O2/c1-16-22(17(2)33(31-16)21-8-4-7-20(12-21)25(26,27)28)23(34)24(35)30-13-18-5-3-6-19(11-18)14-32-10-9-29-15-32/h3-12,15H,13-14H2,1-2H3,(H,30,35). The number of imidazole rings is 1. The van der Waals surface area contributed by atoms with Crippen LogP contribution in [0, 0.1) is 13.8 Å². The number of halogens is 3. The van der Waals surface area contributed by atoms with E-state index in [1.165, 1.54) is 23.7 Å². The van der Waals surface area contributed by atoms with Crippen molar-refractivity contribution in [2.45, 2.75) is 33.1 Å². The number of Topliss-reactive ketones (excluding diaryl/α,β-unsaturated/α-hetero) is 1. The fourth-order valence-electron chi connectivity index (χ4n) is 3.84. The van der Waals surface area contributed by atoms with Gasteiger partial charge in [-0.25, -0.2) is 9.67 Å². The first-order chi connectivity index (χ1) is 16.6. The molecule has 0 saturated carbocycles. The summed E-state index contributed by atoms with van der Waals surface area (Å²) in [5, 5.41) is 6.84. The molecule has 180 valence electrons. The third kappa shape index (κ3) is 5.32. The SMILES string of the molecule is Cc1nn(-c2cccc(C(F)(F)F)c2)c(C)c1C(=O)C(=O)NCc1cccc(Cn2ccnc2)c1. The van der Waals surface area contributed by atoms with Crippen molar-refractivity contribution in [2.24, 2.45) is 0 Å². The van der Waals surface area contributed by atoms with Gasteiger partial charge in [0.15, 0.2) is 0 Å². The highest BCUT2D eigenvalue weighted by molar-refractivity contribution is 6.43. The molecule has 0 aliphatic rings. The zero-order valence-corrected chi connectivity index (χ0v) is 19.0. The van der Waals surface area contributed by atoms with Crippen LogP contribution in [0.1, 0.15) is 38.4 Å². The summed E-state index contributed by atoms with van der Waals surface area (Å²) in [6.45, 7) is 3.84. The summed E-state index contributed by atoms with van der Waals surface area (Å²) in [6.07, 6.45) is 0.726. The number of nitrogens with zero attached hydrogens (tertiary/aromatic N) is 4. The Morgan fingerprint density at radius 3 is 2.49 bits per heavy atom. The lowest BCUT2D eigenvalue weighted by molar-refractivity contribution is -0.137. The second-order valence-electron chi connectivity index (χ2n) is 8.07. The fraction of sp³-hybridized carbons (Fsp3) is 0.200. The Morgan fingerprint density at radius 2 is 1.77 bits per heavy atom. The molecular weight excluding hydrogens is 459 g/mol. The van der Waals surface area contributed by atoms with E-state index in [4.69, 9.17) is 0 Å². The molecule has 0 aliphatic carbocycles. The van der Waals surface area contributed by atoms with E-state index in [0.29, 0.717) is 6.54 Å². The van der Waals surface area contributed by atoms with Crippen LogP contribution in [-0.2, 0) is 24.1 Å². The van der Waals surface area contributed by atoms with E-state index in [2.05, 4.69) is 15.4 Å². The van der Waals surface area contributed by atoms with E-state index >= 15 is 0 Å². The number of amides is 1. The molecule has 35 heavy (non-hydrogen) atoms. The summed E-state index contributed by atoms with van der Waals surface area (Å²) in [5.74, 6) is -1.62. The second kappa shape index (κ2) is 9.57. The van der Waals surface area contributed by atoms with Gasteiger partial charge in [-0.1, -0.05) is 30.3 Å². The van der Waals surface area contributed by atoms with Crippen LogP contribution >= 0.6 is 0 Å². The van der Waals surface area contributed by atoms with Gasteiger partial charge >= 0.3 is 6.18 Å². The van der Waals surface area contributed by atoms with E-state index in [-0.39, 0.29) is 29.2 Å². The minimum atomic E-state index is -4.51. The van der Waals surface area contributed by atoms with Gasteiger partial charge in [-0.15, -0.1) is 0 Å². The van der Waals surface area contributed by atoms with Crippen LogP contribution in [0.15, 0.2) is 67.3 Å². The molecule has 10 heteroatoms. The number of ketones is 1. The van der Waals surface area contributed by atoms with Gasteiger partial charge in [0.2, 0.25) is 0 Å². The Hall–Kier alpha value is -4.21. The smallest absolute Gasteiger partial charge is 0.345 e. The van der Waals surface area contributed by atoms with Crippen LogP contribution in [0.2, 0.25) is 0 Å². The zero-order chi connectivity index (χ0) is 25.2. The molecule has 2 aromatic heterocycles. The Bertz CT molecular complexity index is 1370. The lowest BCUT2D eigenvalue weighted by atomic mass is 10.1. The topological polar surface area (TPSA) is 81.8 Å². The van der Waals surface area contributed by atoms with Crippen LogP contribution in [0.5, 0.6) is 0 Å². The van der Waals surface area contributed by atoms with E-state index in [9.17, 15) is 22.8 Å². The molecule has 7 nitrogen and oxygen atoms in total. The quantitative estimate of drug-likeness (QED) is 0.316. The molecule has 0 fully saturated rings. The van der Waals surface area contributed by atoms with Gasteiger partial charge in [0.05, 0.1) is 34.5 Å². The Balaban J connectivity index is 1.48. The molecule has 0 unspecified atom stereocenters. The predicted octanol–water partition coefficient (Wildman–Crippen LogP) is 4.25. The van der Waals surface area contributed by atoms with Crippen LogP contribution in [-0.4, -0.2) is 31.0 Å². The Kier molecular flexibility index (Phi) is 6.54. The van der Waals surface area contributed by atoms with Crippen LogP contribution in [0.25, 0.3) is 5.69 Å². The van der Waals surface area contributed by atoms with Crippen LogP contribution in [0.4, 0.5) is 13.2 Å². The summed E-state index contributed by atoms with van der Waals surface area (Å²) in [7, 11) is 0. The van der Waals surface area contributed by atoms with E-state index in [1.54, 1.807) is 19.4 Å². The maximum absolute atomic E-state index is 13.1. The van der Waals surface area contributed by atoms with E-state index in [0.717, 1.165) is 23.3 Å². The Labute approximate surface area is 199 Å². The van der Waals surface area contributed by atoms with E-state index < -0.39 is 23.4 Å². The minimum absolute atomic E-state index is 0.0637.